The zero-order valence-electron chi connectivity index (χ0n) is 10.8. The van der Waals surface area contributed by atoms with Crippen molar-refractivity contribution >= 4 is 5.78 Å². The number of rotatable bonds is 6. The predicted octanol–water partition coefficient (Wildman–Crippen LogP) is 2.78. The highest BCUT2D eigenvalue weighted by Crippen LogP contribution is 2.31. The molecule has 112 valence electrons. The van der Waals surface area contributed by atoms with Crippen molar-refractivity contribution in [2.75, 3.05) is 13.7 Å². The maximum absolute atomic E-state index is 13.3. The molecule has 0 aromatic heterocycles. The van der Waals surface area contributed by atoms with Gasteiger partial charge in [-0.1, -0.05) is 6.07 Å². The third-order valence-corrected chi connectivity index (χ3v) is 2.76. The van der Waals surface area contributed by atoms with Gasteiger partial charge in [0.15, 0.2) is 5.78 Å². The van der Waals surface area contributed by atoms with Crippen molar-refractivity contribution in [2.45, 2.75) is 25.1 Å². The molecule has 0 aliphatic carbocycles. The van der Waals surface area contributed by atoms with Crippen LogP contribution in [0.2, 0.25) is 0 Å². The Morgan fingerprint density at radius 3 is 2.55 bits per heavy atom. The summed E-state index contributed by atoms with van der Waals surface area (Å²) in [5, 5.41) is 0. The topological polar surface area (TPSA) is 52.3 Å². The third kappa shape index (κ3) is 4.28. The van der Waals surface area contributed by atoms with Gasteiger partial charge in [0.2, 0.25) is 0 Å². The minimum absolute atomic E-state index is 0.166. The molecular weight excluding hydrogens is 278 g/mol. The van der Waals surface area contributed by atoms with Gasteiger partial charge in [-0.25, -0.2) is 4.39 Å². The van der Waals surface area contributed by atoms with E-state index in [1.807, 2.05) is 0 Å². The summed E-state index contributed by atoms with van der Waals surface area (Å²) < 4.78 is 55.3. The first-order valence-corrected chi connectivity index (χ1v) is 5.93. The Morgan fingerprint density at radius 2 is 2.05 bits per heavy atom. The van der Waals surface area contributed by atoms with Crippen molar-refractivity contribution in [3.63, 3.8) is 0 Å². The normalized spacial score (nSPS) is 13.3. The van der Waals surface area contributed by atoms with Crippen LogP contribution in [0, 0.1) is 5.82 Å². The van der Waals surface area contributed by atoms with E-state index in [9.17, 15) is 22.4 Å². The molecule has 0 radical (unpaired) electrons. The lowest BCUT2D eigenvalue weighted by atomic mass is 9.99. The van der Waals surface area contributed by atoms with Crippen molar-refractivity contribution in [3.05, 3.63) is 35.1 Å². The number of carbonyl (C=O) groups is 1. The molecule has 0 heterocycles. The van der Waals surface area contributed by atoms with Crippen LogP contribution in [0.5, 0.6) is 0 Å². The quantitative estimate of drug-likeness (QED) is 0.498. The van der Waals surface area contributed by atoms with Crippen molar-refractivity contribution in [1.82, 2.24) is 0 Å². The number of methoxy groups -OCH3 is 1. The molecule has 0 amide bonds. The number of nitrogens with two attached hydrogens (primary N) is 1. The predicted molar refractivity (Wildman–Crippen MR) is 64.8 cm³/mol. The second kappa shape index (κ2) is 6.81. The van der Waals surface area contributed by atoms with E-state index >= 15 is 0 Å². The van der Waals surface area contributed by atoms with Gasteiger partial charge in [-0.05, 0) is 25.0 Å². The van der Waals surface area contributed by atoms with E-state index in [2.05, 4.69) is 0 Å². The number of ketones is 1. The molecule has 0 spiro atoms. The van der Waals surface area contributed by atoms with E-state index < -0.39 is 29.4 Å². The van der Waals surface area contributed by atoms with E-state index in [4.69, 9.17) is 10.5 Å². The average Bonchev–Trinajstić information content (AvgIpc) is 2.36. The first-order chi connectivity index (χ1) is 9.27. The molecule has 1 atom stereocenters. The van der Waals surface area contributed by atoms with Crippen LogP contribution < -0.4 is 5.73 Å². The molecule has 1 rings (SSSR count). The molecule has 0 saturated carbocycles. The van der Waals surface area contributed by atoms with Crippen molar-refractivity contribution in [1.29, 1.82) is 0 Å². The van der Waals surface area contributed by atoms with Crippen molar-refractivity contribution in [2.24, 2.45) is 5.73 Å². The van der Waals surface area contributed by atoms with Crippen LogP contribution in [-0.2, 0) is 10.9 Å². The van der Waals surface area contributed by atoms with Crippen LogP contribution in [0.1, 0.15) is 28.8 Å². The Bertz CT molecular complexity index is 474. The molecule has 7 heteroatoms. The standard InChI is InChI=1S/C13H15F4NO2/c1-20-6-2-3-11(18)12(19)8-4-5-9(10(14)7-8)13(15,16)17/h4-5,7,11H,2-3,6,18H2,1H3. The van der Waals surface area contributed by atoms with Crippen LogP contribution in [-0.4, -0.2) is 25.5 Å². The number of benzene rings is 1. The number of hydrogen-bond donors (Lipinski definition) is 1. The van der Waals surface area contributed by atoms with Crippen LogP contribution in [0.4, 0.5) is 17.6 Å². The van der Waals surface area contributed by atoms with E-state index in [1.54, 1.807) is 0 Å². The van der Waals surface area contributed by atoms with Gasteiger partial charge in [0.05, 0.1) is 11.6 Å². The number of carbonyl (C=O) groups excluding carboxylic acids is 1. The molecule has 0 fully saturated rings. The molecule has 0 bridgehead atoms. The molecule has 1 unspecified atom stereocenters. The van der Waals surface area contributed by atoms with Gasteiger partial charge in [-0.2, -0.15) is 13.2 Å². The van der Waals surface area contributed by atoms with E-state index in [0.29, 0.717) is 31.6 Å². The van der Waals surface area contributed by atoms with Crippen LogP contribution in [0.25, 0.3) is 0 Å². The second-order valence-corrected chi connectivity index (χ2v) is 4.30. The fourth-order valence-corrected chi connectivity index (χ4v) is 1.69. The summed E-state index contributed by atoms with van der Waals surface area (Å²) in [6, 6.07) is 1.16. The lowest BCUT2D eigenvalue weighted by Gasteiger charge is -2.12. The summed E-state index contributed by atoms with van der Waals surface area (Å²) in [7, 11) is 1.50. The van der Waals surface area contributed by atoms with Gasteiger partial charge in [-0.15, -0.1) is 0 Å². The number of halogens is 4. The molecule has 3 nitrogen and oxygen atoms in total. The first-order valence-electron chi connectivity index (χ1n) is 5.93. The summed E-state index contributed by atoms with van der Waals surface area (Å²) in [5.74, 6) is -2.07. The summed E-state index contributed by atoms with van der Waals surface area (Å²) in [4.78, 5) is 11.8. The molecule has 20 heavy (non-hydrogen) atoms. The largest absolute Gasteiger partial charge is 0.419 e. The van der Waals surface area contributed by atoms with Crippen LogP contribution in [0.3, 0.4) is 0 Å². The maximum Gasteiger partial charge on any atom is 0.419 e. The molecular formula is C13H15F4NO2. The first kappa shape index (κ1) is 16.6. The fourth-order valence-electron chi connectivity index (χ4n) is 1.69. The highest BCUT2D eigenvalue weighted by atomic mass is 19.4. The second-order valence-electron chi connectivity index (χ2n) is 4.30. The smallest absolute Gasteiger partial charge is 0.385 e. The fraction of sp³-hybridized carbons (Fsp3) is 0.462. The maximum atomic E-state index is 13.3. The van der Waals surface area contributed by atoms with E-state index in [-0.39, 0.29) is 5.56 Å². The number of ether oxygens (including phenoxy) is 1. The summed E-state index contributed by atoms with van der Waals surface area (Å²) >= 11 is 0. The molecule has 2 N–H and O–H groups in total. The lowest BCUT2D eigenvalue weighted by Crippen LogP contribution is -2.31. The molecule has 0 saturated heterocycles. The highest BCUT2D eigenvalue weighted by Gasteiger charge is 2.34. The Hall–Kier alpha value is -1.47. The van der Waals surface area contributed by atoms with E-state index in [1.165, 1.54) is 7.11 Å². The van der Waals surface area contributed by atoms with Crippen LogP contribution in [0.15, 0.2) is 18.2 Å². The van der Waals surface area contributed by atoms with Gasteiger partial charge in [0, 0.05) is 19.3 Å². The molecule has 1 aromatic carbocycles. The lowest BCUT2D eigenvalue weighted by molar-refractivity contribution is -0.140. The molecule has 1 aromatic rings. The number of Topliss-reactive ketones (excluding diaryl/α,β-unsaturated/α-hetero) is 1. The Balaban J connectivity index is 2.82. The summed E-state index contributed by atoms with van der Waals surface area (Å²) in [6.45, 7) is 0.419. The van der Waals surface area contributed by atoms with Crippen LogP contribution >= 0.6 is 0 Å². The van der Waals surface area contributed by atoms with Gasteiger partial charge in [0.1, 0.15) is 5.82 Å². The highest BCUT2D eigenvalue weighted by molar-refractivity contribution is 6.00. The number of alkyl halides is 3. The van der Waals surface area contributed by atoms with Gasteiger partial charge in [-0.3, -0.25) is 4.79 Å². The minimum atomic E-state index is -4.79. The molecule has 0 aliphatic rings. The average molecular weight is 293 g/mol. The van der Waals surface area contributed by atoms with Gasteiger partial charge in [0.25, 0.3) is 0 Å². The Morgan fingerprint density at radius 1 is 1.40 bits per heavy atom. The SMILES string of the molecule is COCCCC(N)C(=O)c1ccc(C(F)(F)F)c(F)c1. The zero-order chi connectivity index (χ0) is 15.3. The number of hydrogen-bond acceptors (Lipinski definition) is 3. The third-order valence-electron chi connectivity index (χ3n) is 2.76. The Kier molecular flexibility index (Phi) is 5.64. The van der Waals surface area contributed by atoms with Crippen molar-refractivity contribution < 1.29 is 27.1 Å². The van der Waals surface area contributed by atoms with E-state index in [0.717, 1.165) is 6.07 Å². The van der Waals surface area contributed by atoms with Gasteiger partial charge >= 0.3 is 6.18 Å². The molecule has 0 aliphatic heterocycles. The summed E-state index contributed by atoms with van der Waals surface area (Å²) in [5.41, 5.74) is 4.05. The van der Waals surface area contributed by atoms with Crippen molar-refractivity contribution in [3.8, 4) is 0 Å². The van der Waals surface area contributed by atoms with Gasteiger partial charge < -0.3 is 10.5 Å². The zero-order valence-corrected chi connectivity index (χ0v) is 10.8. The monoisotopic (exact) mass is 293 g/mol. The summed E-state index contributed by atoms with van der Waals surface area (Å²) in [6.07, 6.45) is -3.94. The Labute approximate surface area is 113 Å². The minimum Gasteiger partial charge on any atom is -0.385 e.